The van der Waals surface area contributed by atoms with Crippen LogP contribution in [0.5, 0.6) is 0 Å². The van der Waals surface area contributed by atoms with E-state index in [1.54, 1.807) is 0 Å². The third-order valence-electron chi connectivity index (χ3n) is 2.73. The van der Waals surface area contributed by atoms with E-state index in [1.807, 2.05) is 0 Å². The fraction of sp³-hybridized carbons (Fsp3) is 0.714. The molecule has 0 fully saturated rings. The fourth-order valence-electron chi connectivity index (χ4n) is 1.77. The van der Waals surface area contributed by atoms with Crippen LogP contribution in [0.25, 0.3) is 0 Å². The molecule has 15 heavy (non-hydrogen) atoms. The second-order valence-corrected chi connectivity index (χ2v) is 4.20. The molecule has 1 aliphatic carbocycles. The zero-order valence-corrected chi connectivity index (χ0v) is 10.0. The van der Waals surface area contributed by atoms with Crippen molar-refractivity contribution < 1.29 is 4.74 Å². The molecule has 1 heteroatoms. The summed E-state index contributed by atoms with van der Waals surface area (Å²) in [6.07, 6.45) is 16.8. The molecule has 0 N–H and O–H groups in total. The maximum atomic E-state index is 5.66. The number of rotatable bonds is 8. The van der Waals surface area contributed by atoms with Gasteiger partial charge in [-0.05, 0) is 31.4 Å². The van der Waals surface area contributed by atoms with E-state index in [9.17, 15) is 0 Å². The first-order valence-corrected chi connectivity index (χ1v) is 6.43. The minimum Gasteiger partial charge on any atom is -0.494 e. The molecule has 0 unspecified atom stereocenters. The summed E-state index contributed by atoms with van der Waals surface area (Å²) in [5, 5.41) is 0. The Morgan fingerprint density at radius 1 is 1.07 bits per heavy atom. The van der Waals surface area contributed by atoms with Gasteiger partial charge in [0, 0.05) is 0 Å². The normalized spacial score (nSPS) is 15.1. The van der Waals surface area contributed by atoms with E-state index >= 15 is 0 Å². The molecular weight excluding hydrogens is 184 g/mol. The van der Waals surface area contributed by atoms with Crippen LogP contribution in [0.2, 0.25) is 0 Å². The Labute approximate surface area is 94.2 Å². The summed E-state index contributed by atoms with van der Waals surface area (Å²) in [6.45, 7) is 3.15. The molecule has 0 saturated carbocycles. The van der Waals surface area contributed by atoms with Crippen LogP contribution < -0.4 is 0 Å². The predicted octanol–water partition coefficient (Wildman–Crippen LogP) is 4.60. The zero-order chi connectivity index (χ0) is 10.8. The van der Waals surface area contributed by atoms with Crippen molar-refractivity contribution in [1.82, 2.24) is 0 Å². The Kier molecular flexibility index (Phi) is 7.06. The topological polar surface area (TPSA) is 9.23 Å². The summed E-state index contributed by atoms with van der Waals surface area (Å²) >= 11 is 0. The van der Waals surface area contributed by atoms with Gasteiger partial charge in [0.2, 0.25) is 0 Å². The molecule has 0 aliphatic heterocycles. The predicted molar refractivity (Wildman–Crippen MR) is 65.8 cm³/mol. The van der Waals surface area contributed by atoms with Gasteiger partial charge in [-0.25, -0.2) is 0 Å². The van der Waals surface area contributed by atoms with Crippen molar-refractivity contribution in [1.29, 1.82) is 0 Å². The lowest BCUT2D eigenvalue weighted by molar-refractivity contribution is 0.214. The molecule has 0 aromatic carbocycles. The first kappa shape index (κ1) is 12.4. The minimum atomic E-state index is 0.891. The second-order valence-electron chi connectivity index (χ2n) is 4.20. The van der Waals surface area contributed by atoms with Crippen LogP contribution in [-0.4, -0.2) is 6.61 Å². The lowest BCUT2D eigenvalue weighted by atomic mass is 10.1. The molecule has 0 spiro atoms. The largest absolute Gasteiger partial charge is 0.494 e. The van der Waals surface area contributed by atoms with Crippen molar-refractivity contribution in [2.45, 2.75) is 58.3 Å². The van der Waals surface area contributed by atoms with Gasteiger partial charge in [0.15, 0.2) is 0 Å². The summed E-state index contributed by atoms with van der Waals surface area (Å²) in [5.74, 6) is 1.08. The standard InChI is InChI=1S/C14H24O/c1-2-3-4-5-6-10-13-15-14-11-8-7-9-12-14/h8,11-12H,2-7,9-10,13H2,1H3. The monoisotopic (exact) mass is 208 g/mol. The summed E-state index contributed by atoms with van der Waals surface area (Å²) in [6, 6.07) is 0. The van der Waals surface area contributed by atoms with E-state index in [1.165, 1.54) is 44.9 Å². The molecule has 0 atom stereocenters. The fourth-order valence-corrected chi connectivity index (χ4v) is 1.77. The van der Waals surface area contributed by atoms with Gasteiger partial charge < -0.3 is 4.74 Å². The number of allylic oxidation sites excluding steroid dienone is 3. The smallest absolute Gasteiger partial charge is 0.114 e. The Balaban J connectivity index is 1.88. The molecule has 0 saturated heterocycles. The van der Waals surface area contributed by atoms with Crippen LogP contribution in [0, 0.1) is 0 Å². The average Bonchev–Trinajstić information content (AvgIpc) is 2.29. The van der Waals surface area contributed by atoms with E-state index in [2.05, 4.69) is 25.2 Å². The van der Waals surface area contributed by atoms with Gasteiger partial charge in [-0.15, -0.1) is 0 Å². The molecule has 0 aromatic heterocycles. The first-order valence-electron chi connectivity index (χ1n) is 6.43. The van der Waals surface area contributed by atoms with Gasteiger partial charge in [0.05, 0.1) is 6.61 Å². The Morgan fingerprint density at radius 2 is 1.87 bits per heavy atom. The molecule has 0 aromatic rings. The molecule has 0 amide bonds. The van der Waals surface area contributed by atoms with Crippen LogP contribution in [0.3, 0.4) is 0 Å². The molecule has 0 bridgehead atoms. The van der Waals surface area contributed by atoms with E-state index in [0.717, 1.165) is 18.8 Å². The molecule has 0 heterocycles. The molecule has 1 aliphatic rings. The lowest BCUT2D eigenvalue weighted by Crippen LogP contribution is -1.95. The van der Waals surface area contributed by atoms with Gasteiger partial charge in [-0.3, -0.25) is 0 Å². The van der Waals surface area contributed by atoms with Crippen LogP contribution in [0.1, 0.15) is 58.3 Å². The van der Waals surface area contributed by atoms with Gasteiger partial charge in [-0.1, -0.05) is 45.1 Å². The van der Waals surface area contributed by atoms with Crippen LogP contribution in [-0.2, 0) is 4.74 Å². The maximum absolute atomic E-state index is 5.66. The third-order valence-corrected chi connectivity index (χ3v) is 2.73. The zero-order valence-electron chi connectivity index (χ0n) is 10.0. The molecule has 0 radical (unpaired) electrons. The quantitative estimate of drug-likeness (QED) is 0.530. The van der Waals surface area contributed by atoms with Crippen molar-refractivity contribution in [3.8, 4) is 0 Å². The highest BCUT2D eigenvalue weighted by atomic mass is 16.5. The molecule has 86 valence electrons. The lowest BCUT2D eigenvalue weighted by Gasteiger charge is -2.09. The summed E-state index contributed by atoms with van der Waals surface area (Å²) < 4.78 is 5.66. The highest BCUT2D eigenvalue weighted by molar-refractivity contribution is 5.15. The molecule has 1 rings (SSSR count). The molecular formula is C14H24O. The van der Waals surface area contributed by atoms with E-state index < -0.39 is 0 Å². The summed E-state index contributed by atoms with van der Waals surface area (Å²) in [5.41, 5.74) is 0. The van der Waals surface area contributed by atoms with Gasteiger partial charge in [0.25, 0.3) is 0 Å². The summed E-state index contributed by atoms with van der Waals surface area (Å²) in [7, 11) is 0. The Hall–Kier alpha value is -0.720. The van der Waals surface area contributed by atoms with E-state index in [-0.39, 0.29) is 0 Å². The van der Waals surface area contributed by atoms with E-state index in [4.69, 9.17) is 4.74 Å². The van der Waals surface area contributed by atoms with Gasteiger partial charge in [0.1, 0.15) is 5.76 Å². The SMILES string of the molecule is CCCCCCCCOC1=CCCC=C1. The van der Waals surface area contributed by atoms with Crippen LogP contribution >= 0.6 is 0 Å². The van der Waals surface area contributed by atoms with Crippen molar-refractivity contribution in [2.24, 2.45) is 0 Å². The number of hydrogen-bond donors (Lipinski definition) is 0. The molecule has 1 nitrogen and oxygen atoms in total. The van der Waals surface area contributed by atoms with Gasteiger partial charge in [-0.2, -0.15) is 0 Å². The first-order chi connectivity index (χ1) is 7.43. The van der Waals surface area contributed by atoms with Crippen molar-refractivity contribution in [2.75, 3.05) is 6.61 Å². The number of unbranched alkanes of at least 4 members (excludes halogenated alkanes) is 5. The highest BCUT2D eigenvalue weighted by Crippen LogP contribution is 2.12. The van der Waals surface area contributed by atoms with Gasteiger partial charge >= 0.3 is 0 Å². The average molecular weight is 208 g/mol. The van der Waals surface area contributed by atoms with Crippen LogP contribution in [0.4, 0.5) is 0 Å². The second kappa shape index (κ2) is 8.58. The van der Waals surface area contributed by atoms with Crippen LogP contribution in [0.15, 0.2) is 24.0 Å². The minimum absolute atomic E-state index is 0.891. The maximum Gasteiger partial charge on any atom is 0.114 e. The third kappa shape index (κ3) is 6.38. The highest BCUT2D eigenvalue weighted by Gasteiger charge is 1.97. The van der Waals surface area contributed by atoms with Crippen molar-refractivity contribution >= 4 is 0 Å². The Bertz CT molecular complexity index is 203. The summed E-state index contributed by atoms with van der Waals surface area (Å²) in [4.78, 5) is 0. The van der Waals surface area contributed by atoms with Crippen molar-refractivity contribution in [3.05, 3.63) is 24.0 Å². The number of hydrogen-bond acceptors (Lipinski definition) is 1. The number of ether oxygens (including phenoxy) is 1. The van der Waals surface area contributed by atoms with Crippen molar-refractivity contribution in [3.63, 3.8) is 0 Å². The van der Waals surface area contributed by atoms with E-state index in [0.29, 0.717) is 0 Å². The Morgan fingerprint density at radius 3 is 2.60 bits per heavy atom.